The largest absolute Gasteiger partial charge is 0.468 e. The van der Waals surface area contributed by atoms with Gasteiger partial charge in [0.05, 0.1) is 19.3 Å². The van der Waals surface area contributed by atoms with Gasteiger partial charge >= 0.3 is 5.97 Å². The molecule has 8 heteroatoms. The second-order valence-electron chi connectivity index (χ2n) is 3.78. The monoisotopic (exact) mass is 346 g/mol. The van der Waals surface area contributed by atoms with Crippen LogP contribution in [0.5, 0.6) is 0 Å². The predicted molar refractivity (Wildman–Crippen MR) is 73.2 cm³/mol. The van der Waals surface area contributed by atoms with Crippen molar-refractivity contribution < 1.29 is 17.9 Å². The summed E-state index contributed by atoms with van der Waals surface area (Å²) >= 11 is 3.09. The van der Waals surface area contributed by atoms with Crippen LogP contribution in [-0.4, -0.2) is 43.5 Å². The van der Waals surface area contributed by atoms with Crippen LogP contribution in [0.15, 0.2) is 34.2 Å². The molecule has 0 saturated heterocycles. The normalized spacial score (nSPS) is 17.7. The van der Waals surface area contributed by atoms with Crippen LogP contribution in [-0.2, 0) is 19.6 Å². The van der Waals surface area contributed by atoms with Crippen molar-refractivity contribution in [1.29, 1.82) is 0 Å². The number of carbonyl (C=O) groups is 1. The van der Waals surface area contributed by atoms with Crippen LogP contribution in [0.3, 0.4) is 0 Å². The molecule has 0 bridgehead atoms. The van der Waals surface area contributed by atoms with E-state index in [0.29, 0.717) is 5.69 Å². The highest BCUT2D eigenvalue weighted by atomic mass is 79.9. The van der Waals surface area contributed by atoms with Gasteiger partial charge in [0.2, 0.25) is 0 Å². The van der Waals surface area contributed by atoms with E-state index in [1.165, 1.54) is 19.5 Å². The number of para-hydroxylation sites is 1. The fourth-order valence-electron chi connectivity index (χ4n) is 1.60. The fraction of sp³-hybridized carbons (Fsp3) is 0.273. The number of sulfonamides is 1. The second-order valence-corrected chi connectivity index (χ2v) is 6.74. The number of carbonyl (C=O) groups excluding carboxylic acids is 1. The molecule has 0 fully saturated rings. The van der Waals surface area contributed by atoms with Crippen molar-refractivity contribution in [3.8, 4) is 0 Å². The first-order valence-electron chi connectivity index (χ1n) is 5.34. The van der Waals surface area contributed by atoms with Crippen molar-refractivity contribution >= 4 is 43.9 Å². The summed E-state index contributed by atoms with van der Waals surface area (Å²) in [5.41, 5.74) is 0.392. The van der Waals surface area contributed by atoms with Crippen LogP contribution >= 0.6 is 15.9 Å². The van der Waals surface area contributed by atoms with Crippen molar-refractivity contribution in [2.45, 2.75) is 9.72 Å². The van der Waals surface area contributed by atoms with Crippen LogP contribution < -0.4 is 0 Å². The number of rotatable bonds is 3. The number of halogens is 1. The van der Waals surface area contributed by atoms with Gasteiger partial charge in [-0.3, -0.25) is 9.10 Å². The van der Waals surface area contributed by atoms with E-state index in [4.69, 9.17) is 0 Å². The summed E-state index contributed by atoms with van der Waals surface area (Å²) in [6, 6.07) is 6.44. The standard InChI is InChI=1S/C11H11BrN2O4S/c1-18-11(15)8(12)6-14-7-13-9-4-2-3-5-10(9)19(14,16)17/h2-5,7-8H,6H2,1H3. The lowest BCUT2D eigenvalue weighted by Crippen LogP contribution is -2.39. The van der Waals surface area contributed by atoms with Gasteiger partial charge in [0.1, 0.15) is 16.1 Å². The van der Waals surface area contributed by atoms with Crippen molar-refractivity contribution in [3.05, 3.63) is 24.3 Å². The summed E-state index contributed by atoms with van der Waals surface area (Å²) in [7, 11) is -2.43. The number of ether oxygens (including phenoxy) is 1. The molecule has 19 heavy (non-hydrogen) atoms. The number of aliphatic imine (C=N–C) groups is 1. The molecule has 1 atom stereocenters. The number of benzene rings is 1. The molecule has 1 aliphatic heterocycles. The number of methoxy groups -OCH3 is 1. The number of alkyl halides is 1. The molecular weight excluding hydrogens is 336 g/mol. The zero-order valence-electron chi connectivity index (χ0n) is 9.98. The number of nitrogens with zero attached hydrogens (tertiary/aromatic N) is 2. The SMILES string of the molecule is COC(=O)C(Br)CN1C=Nc2ccccc2S1(=O)=O. The van der Waals surface area contributed by atoms with Gasteiger partial charge in [-0.05, 0) is 12.1 Å². The lowest BCUT2D eigenvalue weighted by Gasteiger charge is -2.25. The minimum atomic E-state index is -3.67. The highest BCUT2D eigenvalue weighted by molar-refractivity contribution is 9.10. The molecule has 0 N–H and O–H groups in total. The number of hydrogen-bond acceptors (Lipinski definition) is 5. The first kappa shape index (κ1) is 14.0. The molecule has 1 unspecified atom stereocenters. The Morgan fingerprint density at radius 2 is 2.16 bits per heavy atom. The fourth-order valence-corrected chi connectivity index (χ4v) is 3.70. The van der Waals surface area contributed by atoms with Gasteiger partial charge in [-0.1, -0.05) is 28.1 Å². The first-order chi connectivity index (χ1) is 8.96. The van der Waals surface area contributed by atoms with Gasteiger partial charge in [-0.25, -0.2) is 13.4 Å². The Morgan fingerprint density at radius 3 is 2.84 bits per heavy atom. The Labute approximate surface area is 119 Å². The van der Waals surface area contributed by atoms with E-state index in [2.05, 4.69) is 25.7 Å². The lowest BCUT2D eigenvalue weighted by molar-refractivity contribution is -0.139. The Morgan fingerprint density at radius 1 is 1.47 bits per heavy atom. The average Bonchev–Trinajstić information content (AvgIpc) is 2.41. The van der Waals surface area contributed by atoms with Gasteiger partial charge in [-0.2, -0.15) is 0 Å². The molecule has 0 saturated carbocycles. The zero-order chi connectivity index (χ0) is 14.0. The predicted octanol–water partition coefficient (Wildman–Crippen LogP) is 1.29. The Hall–Kier alpha value is -1.41. The van der Waals surface area contributed by atoms with Crippen LogP contribution in [0.2, 0.25) is 0 Å². The van der Waals surface area contributed by atoms with E-state index in [1.807, 2.05) is 0 Å². The molecule has 0 aromatic heterocycles. The molecule has 0 spiro atoms. The van der Waals surface area contributed by atoms with Crippen molar-refractivity contribution in [2.24, 2.45) is 4.99 Å². The highest BCUT2D eigenvalue weighted by Gasteiger charge is 2.31. The first-order valence-corrected chi connectivity index (χ1v) is 7.69. The summed E-state index contributed by atoms with van der Waals surface area (Å²) in [5, 5.41) is 0. The molecule has 1 heterocycles. The maximum atomic E-state index is 12.3. The summed E-state index contributed by atoms with van der Waals surface area (Å²) in [6.07, 6.45) is 1.20. The molecule has 102 valence electrons. The third-order valence-electron chi connectivity index (χ3n) is 2.57. The quantitative estimate of drug-likeness (QED) is 0.610. The third-order valence-corrected chi connectivity index (χ3v) is 5.00. The minimum Gasteiger partial charge on any atom is -0.468 e. The molecule has 2 rings (SSSR count). The summed E-state index contributed by atoms with van der Waals surface area (Å²) in [6.45, 7) is -0.0765. The van der Waals surface area contributed by atoms with E-state index >= 15 is 0 Å². The maximum absolute atomic E-state index is 12.3. The second kappa shape index (κ2) is 5.30. The molecule has 0 amide bonds. The third kappa shape index (κ3) is 2.64. The van der Waals surface area contributed by atoms with E-state index in [-0.39, 0.29) is 11.4 Å². The molecule has 1 aromatic rings. The van der Waals surface area contributed by atoms with Gasteiger partial charge in [0, 0.05) is 0 Å². The molecule has 1 aliphatic rings. The van der Waals surface area contributed by atoms with Gasteiger partial charge in [0.25, 0.3) is 10.0 Å². The Balaban J connectivity index is 2.30. The molecular formula is C11H11BrN2O4S. The van der Waals surface area contributed by atoms with Crippen LogP contribution in [0.4, 0.5) is 5.69 Å². The number of esters is 1. The number of hydrogen-bond donors (Lipinski definition) is 0. The summed E-state index contributed by atoms with van der Waals surface area (Å²) in [4.78, 5) is 14.7. The van der Waals surface area contributed by atoms with Crippen LogP contribution in [0.1, 0.15) is 0 Å². The molecule has 6 nitrogen and oxygen atoms in total. The summed E-state index contributed by atoms with van der Waals surface area (Å²) < 4.78 is 30.2. The molecule has 0 radical (unpaired) electrons. The van der Waals surface area contributed by atoms with E-state index in [1.54, 1.807) is 18.2 Å². The van der Waals surface area contributed by atoms with E-state index in [0.717, 1.165) is 4.31 Å². The maximum Gasteiger partial charge on any atom is 0.321 e. The minimum absolute atomic E-state index is 0.0765. The van der Waals surface area contributed by atoms with Gasteiger partial charge in [0.15, 0.2) is 0 Å². The van der Waals surface area contributed by atoms with Crippen molar-refractivity contribution in [3.63, 3.8) is 0 Å². The topological polar surface area (TPSA) is 76.0 Å². The summed E-state index contributed by atoms with van der Waals surface area (Å²) in [5.74, 6) is -0.539. The number of fused-ring (bicyclic) bond motifs is 1. The van der Waals surface area contributed by atoms with Crippen LogP contribution in [0, 0.1) is 0 Å². The van der Waals surface area contributed by atoms with Gasteiger partial charge < -0.3 is 4.74 Å². The Kier molecular flexibility index (Phi) is 3.91. The lowest BCUT2D eigenvalue weighted by atomic mass is 10.3. The molecule has 0 aliphatic carbocycles. The molecule has 1 aromatic carbocycles. The van der Waals surface area contributed by atoms with Crippen molar-refractivity contribution in [2.75, 3.05) is 13.7 Å². The highest BCUT2D eigenvalue weighted by Crippen LogP contribution is 2.30. The smallest absolute Gasteiger partial charge is 0.321 e. The van der Waals surface area contributed by atoms with Crippen molar-refractivity contribution in [1.82, 2.24) is 4.31 Å². The zero-order valence-corrected chi connectivity index (χ0v) is 12.4. The average molecular weight is 347 g/mol. The Bertz CT molecular complexity index is 629. The van der Waals surface area contributed by atoms with E-state index in [9.17, 15) is 13.2 Å². The van der Waals surface area contributed by atoms with E-state index < -0.39 is 20.8 Å². The van der Waals surface area contributed by atoms with Gasteiger partial charge in [-0.15, -0.1) is 0 Å². The van der Waals surface area contributed by atoms with Crippen LogP contribution in [0.25, 0.3) is 0 Å².